The lowest BCUT2D eigenvalue weighted by Crippen LogP contribution is -2.29. The normalized spacial score (nSPS) is 11.8. The second kappa shape index (κ2) is 9.75. The molecule has 3 aromatic rings. The lowest BCUT2D eigenvalue weighted by Gasteiger charge is -2.17. The number of thioether (sulfide) groups is 1. The molecule has 28 heavy (non-hydrogen) atoms. The Bertz CT molecular complexity index is 930. The fourth-order valence-electron chi connectivity index (χ4n) is 2.80. The summed E-state index contributed by atoms with van der Waals surface area (Å²) in [5.41, 5.74) is 1.92. The van der Waals surface area contributed by atoms with Crippen molar-refractivity contribution in [1.82, 2.24) is 20.1 Å². The zero-order chi connectivity index (χ0) is 19.9. The van der Waals surface area contributed by atoms with Gasteiger partial charge in [-0.05, 0) is 36.2 Å². The van der Waals surface area contributed by atoms with Crippen molar-refractivity contribution in [2.24, 2.45) is 0 Å². The quantitative estimate of drug-likeness (QED) is 0.504. The summed E-state index contributed by atoms with van der Waals surface area (Å²) in [6.45, 7) is 2.05. The molecule has 6 nitrogen and oxygen atoms in total. The number of amides is 1. The zero-order valence-electron chi connectivity index (χ0n) is 15.6. The molecule has 0 fully saturated rings. The maximum Gasteiger partial charge on any atom is 0.230 e. The maximum atomic E-state index is 12.5. The van der Waals surface area contributed by atoms with Gasteiger partial charge in [0.2, 0.25) is 5.91 Å². The molecule has 1 N–H and O–H groups in total. The van der Waals surface area contributed by atoms with Crippen LogP contribution < -0.4 is 10.1 Å². The summed E-state index contributed by atoms with van der Waals surface area (Å²) >= 11 is 4.78. The van der Waals surface area contributed by atoms with E-state index in [2.05, 4.69) is 38.4 Å². The Morgan fingerprint density at radius 2 is 2.00 bits per heavy atom. The Kier molecular flexibility index (Phi) is 7.11. The number of carbonyl (C=O) groups is 1. The highest BCUT2D eigenvalue weighted by molar-refractivity contribution is 9.10. The topological polar surface area (TPSA) is 69.0 Å². The summed E-state index contributed by atoms with van der Waals surface area (Å²) in [7, 11) is 1.62. The average Bonchev–Trinajstić information content (AvgIpc) is 3.19. The number of hydrogen-bond donors (Lipinski definition) is 1. The lowest BCUT2D eigenvalue weighted by atomic mass is 10.0. The van der Waals surface area contributed by atoms with E-state index in [0.717, 1.165) is 27.9 Å². The Hall–Kier alpha value is -2.32. The number of aromatic nitrogens is 3. The third kappa shape index (κ3) is 4.94. The minimum absolute atomic E-state index is 0.0201. The molecule has 0 saturated carbocycles. The number of carbonyl (C=O) groups excluding carboxylic acids is 1. The first-order chi connectivity index (χ1) is 13.6. The minimum Gasteiger partial charge on any atom is -0.495 e. The molecule has 0 saturated heterocycles. The van der Waals surface area contributed by atoms with Gasteiger partial charge < -0.3 is 10.1 Å². The van der Waals surface area contributed by atoms with E-state index in [1.807, 2.05) is 53.1 Å². The molecule has 1 heterocycles. The second-order valence-corrected chi connectivity index (χ2v) is 7.88. The molecule has 1 aromatic heterocycles. The van der Waals surface area contributed by atoms with Gasteiger partial charge in [0.1, 0.15) is 12.1 Å². The molecule has 0 bridgehead atoms. The first-order valence-corrected chi connectivity index (χ1v) is 10.6. The van der Waals surface area contributed by atoms with Crippen molar-refractivity contribution >= 4 is 33.6 Å². The predicted molar refractivity (Wildman–Crippen MR) is 114 cm³/mol. The molecule has 1 amide bonds. The van der Waals surface area contributed by atoms with Crippen LogP contribution in [0.5, 0.6) is 5.75 Å². The fourth-order valence-corrected chi connectivity index (χ4v) is 3.80. The molecular formula is C20H21BrN4O2S. The van der Waals surface area contributed by atoms with E-state index in [1.165, 1.54) is 11.8 Å². The molecule has 1 atom stereocenters. The van der Waals surface area contributed by atoms with Gasteiger partial charge in [-0.3, -0.25) is 9.36 Å². The molecule has 146 valence electrons. The molecule has 3 rings (SSSR count). The van der Waals surface area contributed by atoms with Gasteiger partial charge in [-0.2, -0.15) is 0 Å². The van der Waals surface area contributed by atoms with Gasteiger partial charge in [0.05, 0.1) is 24.6 Å². The highest BCUT2D eigenvalue weighted by atomic mass is 79.9. The summed E-state index contributed by atoms with van der Waals surface area (Å²) in [5.74, 6) is 0.921. The zero-order valence-corrected chi connectivity index (χ0v) is 18.0. The standard InChI is InChI=1S/C20H21BrN4O2S/c1-3-16(14-8-10-15(21)11-9-14)23-19(26)12-28-20-24-22-13-25(20)17-6-4-5-7-18(17)27-2/h4-11,13,16H,3,12H2,1-2H3,(H,23,26). The first kappa shape index (κ1) is 20.4. The number of methoxy groups -OCH3 is 1. The van der Waals surface area contributed by atoms with Crippen molar-refractivity contribution in [3.05, 3.63) is 64.9 Å². The van der Waals surface area contributed by atoms with Gasteiger partial charge in [-0.25, -0.2) is 0 Å². The summed E-state index contributed by atoms with van der Waals surface area (Å²) in [4.78, 5) is 12.5. The molecule has 0 aliphatic carbocycles. The van der Waals surface area contributed by atoms with Gasteiger partial charge in [0, 0.05) is 4.47 Å². The second-order valence-electron chi connectivity index (χ2n) is 6.02. The monoisotopic (exact) mass is 460 g/mol. The molecule has 0 aliphatic heterocycles. The van der Waals surface area contributed by atoms with Crippen molar-refractivity contribution < 1.29 is 9.53 Å². The smallest absolute Gasteiger partial charge is 0.230 e. The SMILES string of the molecule is CCC(NC(=O)CSc1nncn1-c1ccccc1OC)c1ccc(Br)cc1. The maximum absolute atomic E-state index is 12.5. The van der Waals surface area contributed by atoms with Crippen LogP contribution in [0.2, 0.25) is 0 Å². The number of rotatable bonds is 8. The largest absolute Gasteiger partial charge is 0.495 e. The van der Waals surface area contributed by atoms with Crippen molar-refractivity contribution in [3.63, 3.8) is 0 Å². The molecule has 8 heteroatoms. The van der Waals surface area contributed by atoms with E-state index >= 15 is 0 Å². The summed E-state index contributed by atoms with van der Waals surface area (Å²) < 4.78 is 8.25. The molecule has 0 spiro atoms. The van der Waals surface area contributed by atoms with Crippen LogP contribution in [-0.2, 0) is 4.79 Å². The summed E-state index contributed by atoms with van der Waals surface area (Å²) in [6, 6.07) is 15.6. The number of ether oxygens (including phenoxy) is 1. The third-order valence-corrected chi connectivity index (χ3v) is 5.68. The van der Waals surface area contributed by atoms with Crippen molar-refractivity contribution in [1.29, 1.82) is 0 Å². The summed E-state index contributed by atoms with van der Waals surface area (Å²) in [5, 5.41) is 11.9. The molecule has 2 aromatic carbocycles. The van der Waals surface area contributed by atoms with Crippen LogP contribution in [0, 0.1) is 0 Å². The van der Waals surface area contributed by atoms with E-state index < -0.39 is 0 Å². The Balaban J connectivity index is 1.65. The number of nitrogens with zero attached hydrogens (tertiary/aromatic N) is 3. The Morgan fingerprint density at radius 1 is 1.25 bits per heavy atom. The highest BCUT2D eigenvalue weighted by Gasteiger charge is 2.16. The van der Waals surface area contributed by atoms with E-state index in [9.17, 15) is 4.79 Å². The van der Waals surface area contributed by atoms with Crippen LogP contribution in [-0.4, -0.2) is 33.5 Å². The van der Waals surface area contributed by atoms with Crippen molar-refractivity contribution in [2.75, 3.05) is 12.9 Å². The van der Waals surface area contributed by atoms with Gasteiger partial charge in [0.15, 0.2) is 5.16 Å². The predicted octanol–water partition coefficient (Wildman–Crippen LogP) is 4.40. The number of benzene rings is 2. The Morgan fingerprint density at radius 3 is 2.71 bits per heavy atom. The van der Waals surface area contributed by atoms with Crippen LogP contribution >= 0.6 is 27.7 Å². The number of hydrogen-bond acceptors (Lipinski definition) is 5. The van der Waals surface area contributed by atoms with Gasteiger partial charge in [0.25, 0.3) is 0 Å². The van der Waals surface area contributed by atoms with Crippen molar-refractivity contribution in [2.45, 2.75) is 24.5 Å². The fraction of sp³-hybridized carbons (Fsp3) is 0.250. The summed E-state index contributed by atoms with van der Waals surface area (Å²) in [6.07, 6.45) is 2.43. The average molecular weight is 461 g/mol. The van der Waals surface area contributed by atoms with Crippen LogP contribution in [0.25, 0.3) is 5.69 Å². The van der Waals surface area contributed by atoms with E-state index in [0.29, 0.717) is 5.16 Å². The number of para-hydroxylation sites is 2. The van der Waals surface area contributed by atoms with Gasteiger partial charge in [-0.15, -0.1) is 10.2 Å². The lowest BCUT2D eigenvalue weighted by molar-refractivity contribution is -0.119. The van der Waals surface area contributed by atoms with Gasteiger partial charge in [-0.1, -0.05) is 58.9 Å². The third-order valence-electron chi connectivity index (χ3n) is 4.21. The van der Waals surface area contributed by atoms with Crippen LogP contribution in [0.3, 0.4) is 0 Å². The van der Waals surface area contributed by atoms with Crippen LogP contribution in [0.1, 0.15) is 24.9 Å². The number of halogens is 1. The van der Waals surface area contributed by atoms with E-state index in [-0.39, 0.29) is 17.7 Å². The molecule has 0 aliphatic rings. The van der Waals surface area contributed by atoms with Gasteiger partial charge >= 0.3 is 0 Å². The number of nitrogens with one attached hydrogen (secondary N) is 1. The highest BCUT2D eigenvalue weighted by Crippen LogP contribution is 2.27. The molecule has 1 unspecified atom stereocenters. The van der Waals surface area contributed by atoms with E-state index in [1.54, 1.807) is 13.4 Å². The first-order valence-electron chi connectivity index (χ1n) is 8.83. The minimum atomic E-state index is -0.0469. The van der Waals surface area contributed by atoms with Crippen LogP contribution in [0.15, 0.2) is 64.5 Å². The molecular weight excluding hydrogens is 440 g/mol. The van der Waals surface area contributed by atoms with Crippen LogP contribution in [0.4, 0.5) is 0 Å². The Labute approximate surface area is 176 Å². The van der Waals surface area contributed by atoms with Crippen molar-refractivity contribution in [3.8, 4) is 11.4 Å². The molecule has 0 radical (unpaired) electrons. The van der Waals surface area contributed by atoms with E-state index in [4.69, 9.17) is 4.74 Å².